The van der Waals surface area contributed by atoms with Crippen LogP contribution in [0.2, 0.25) is 0 Å². The van der Waals surface area contributed by atoms with Crippen LogP contribution in [0, 0.1) is 23.2 Å². The molecule has 24 heavy (non-hydrogen) atoms. The number of carbonyl (C=O) groups is 1. The molecule has 130 valence electrons. The van der Waals surface area contributed by atoms with Gasteiger partial charge in [0.2, 0.25) is 0 Å². The number of hydrogen-bond donors (Lipinski definition) is 0. The molecule has 2 saturated carbocycles. The zero-order valence-electron chi connectivity index (χ0n) is 15.3. The average Bonchev–Trinajstić information content (AvgIpc) is 2.88. The Morgan fingerprint density at radius 3 is 2.83 bits per heavy atom. The van der Waals surface area contributed by atoms with E-state index in [-0.39, 0.29) is 5.41 Å². The Labute approximate surface area is 146 Å². The van der Waals surface area contributed by atoms with Crippen molar-refractivity contribution in [1.29, 1.82) is 0 Å². The Morgan fingerprint density at radius 1 is 1.21 bits per heavy atom. The number of Topliss-reactive ketones (excluding diaryl/α,β-unsaturated/α-hetero) is 1. The number of fused-ring (bicyclic) bond motifs is 5. The molecule has 0 spiro atoms. The van der Waals surface area contributed by atoms with Crippen LogP contribution in [0.4, 0.5) is 0 Å². The van der Waals surface area contributed by atoms with Crippen molar-refractivity contribution in [2.75, 3.05) is 6.61 Å². The van der Waals surface area contributed by atoms with Crippen LogP contribution in [0.25, 0.3) is 0 Å². The lowest BCUT2D eigenvalue weighted by molar-refractivity contribution is -0.129. The van der Waals surface area contributed by atoms with E-state index in [0.29, 0.717) is 29.5 Å². The quantitative estimate of drug-likeness (QED) is 0.768. The predicted molar refractivity (Wildman–Crippen MR) is 96.4 cm³/mol. The molecular weight excluding hydrogens is 296 g/mol. The second-order valence-corrected chi connectivity index (χ2v) is 8.90. The average molecular weight is 326 g/mol. The van der Waals surface area contributed by atoms with Crippen LogP contribution in [0.5, 0.6) is 5.75 Å². The fourth-order valence-corrected chi connectivity index (χ4v) is 5.68. The summed E-state index contributed by atoms with van der Waals surface area (Å²) in [7, 11) is 0. The van der Waals surface area contributed by atoms with E-state index in [9.17, 15) is 4.79 Å². The summed E-state index contributed by atoms with van der Waals surface area (Å²) in [6.45, 7) is 7.41. The Morgan fingerprint density at radius 2 is 2.04 bits per heavy atom. The van der Waals surface area contributed by atoms with Crippen LogP contribution >= 0.6 is 0 Å². The molecule has 3 aliphatic rings. The Kier molecular flexibility index (Phi) is 3.97. The van der Waals surface area contributed by atoms with E-state index in [2.05, 4.69) is 39.0 Å². The highest BCUT2D eigenvalue weighted by Gasteiger charge is 2.54. The first-order valence-electron chi connectivity index (χ1n) is 9.78. The highest BCUT2D eigenvalue weighted by atomic mass is 16.5. The molecule has 2 heteroatoms. The predicted octanol–water partition coefficient (Wildman–Crippen LogP) is 5.15. The summed E-state index contributed by atoms with van der Waals surface area (Å²) >= 11 is 0. The van der Waals surface area contributed by atoms with Gasteiger partial charge in [0.1, 0.15) is 11.5 Å². The Balaban J connectivity index is 1.58. The van der Waals surface area contributed by atoms with E-state index >= 15 is 0 Å². The summed E-state index contributed by atoms with van der Waals surface area (Å²) in [6, 6.07) is 6.76. The molecule has 2 fully saturated rings. The van der Waals surface area contributed by atoms with Crippen LogP contribution in [0.3, 0.4) is 0 Å². The number of hydrogen-bond acceptors (Lipinski definition) is 2. The minimum absolute atomic E-state index is 0.0149. The molecule has 2 nitrogen and oxygen atoms in total. The van der Waals surface area contributed by atoms with Gasteiger partial charge in [-0.15, -0.1) is 0 Å². The lowest BCUT2D eigenvalue weighted by atomic mass is 9.55. The van der Waals surface area contributed by atoms with Crippen LogP contribution < -0.4 is 4.74 Å². The minimum atomic E-state index is -0.0149. The molecule has 0 aliphatic heterocycles. The topological polar surface area (TPSA) is 26.3 Å². The van der Waals surface area contributed by atoms with Crippen molar-refractivity contribution in [3.05, 3.63) is 29.3 Å². The van der Waals surface area contributed by atoms with Crippen LogP contribution in [-0.4, -0.2) is 12.4 Å². The highest BCUT2D eigenvalue weighted by Crippen LogP contribution is 2.59. The first kappa shape index (κ1) is 16.2. The number of carbonyl (C=O) groups excluding carboxylic acids is 1. The minimum Gasteiger partial charge on any atom is -0.493 e. The van der Waals surface area contributed by atoms with E-state index in [1.54, 1.807) is 5.56 Å². The van der Waals surface area contributed by atoms with Gasteiger partial charge in [0.05, 0.1) is 6.61 Å². The zero-order valence-corrected chi connectivity index (χ0v) is 15.3. The fraction of sp³-hybridized carbons (Fsp3) is 0.682. The van der Waals surface area contributed by atoms with E-state index in [1.165, 1.54) is 18.4 Å². The Bertz CT molecular complexity index is 647. The SMILES string of the molecule is CC(C)COc1ccc2c(c1)CC[C@H]1[C@@H]2CC[C@]2(C)C(=O)CC[C@H]12. The molecule has 4 atom stereocenters. The fourth-order valence-electron chi connectivity index (χ4n) is 5.68. The van der Waals surface area contributed by atoms with Crippen LogP contribution in [0.1, 0.15) is 69.9 Å². The van der Waals surface area contributed by atoms with Gasteiger partial charge in [-0.2, -0.15) is 0 Å². The van der Waals surface area contributed by atoms with Gasteiger partial charge in [0.25, 0.3) is 0 Å². The summed E-state index contributed by atoms with van der Waals surface area (Å²) in [5, 5.41) is 0. The molecule has 0 amide bonds. The van der Waals surface area contributed by atoms with Crippen LogP contribution in [-0.2, 0) is 11.2 Å². The van der Waals surface area contributed by atoms with Crippen molar-refractivity contribution in [2.24, 2.45) is 23.2 Å². The first-order valence-corrected chi connectivity index (χ1v) is 9.78. The van der Waals surface area contributed by atoms with Gasteiger partial charge >= 0.3 is 0 Å². The number of aryl methyl sites for hydroxylation is 1. The van der Waals surface area contributed by atoms with Gasteiger partial charge in [-0.25, -0.2) is 0 Å². The normalized spacial score (nSPS) is 34.7. The maximum absolute atomic E-state index is 12.4. The lowest BCUT2D eigenvalue weighted by Gasteiger charge is -2.48. The van der Waals surface area contributed by atoms with Gasteiger partial charge in [0, 0.05) is 11.8 Å². The lowest BCUT2D eigenvalue weighted by Crippen LogP contribution is -2.42. The molecule has 3 aliphatic carbocycles. The second kappa shape index (κ2) is 5.89. The molecule has 1 aromatic rings. The van der Waals surface area contributed by atoms with Gasteiger partial charge < -0.3 is 4.74 Å². The summed E-state index contributed by atoms with van der Waals surface area (Å²) in [5.41, 5.74) is 3.02. The molecule has 0 bridgehead atoms. The van der Waals surface area contributed by atoms with Crippen molar-refractivity contribution < 1.29 is 9.53 Å². The van der Waals surface area contributed by atoms with Crippen molar-refractivity contribution in [3.8, 4) is 5.75 Å². The standard InChI is InChI=1S/C22H30O2/c1-14(2)13-24-16-5-7-17-15(12-16)4-6-19-18(17)10-11-22(3)20(19)8-9-21(22)23/h5,7,12,14,18-20H,4,6,8-11,13H2,1-3H3/t18-,19+,20-,22+/m1/s1. The van der Waals surface area contributed by atoms with E-state index in [4.69, 9.17) is 4.74 Å². The molecule has 0 N–H and O–H groups in total. The van der Waals surface area contributed by atoms with Crippen molar-refractivity contribution in [3.63, 3.8) is 0 Å². The Hall–Kier alpha value is -1.31. The zero-order chi connectivity index (χ0) is 16.9. The summed E-state index contributed by atoms with van der Waals surface area (Å²) in [6.07, 6.45) is 6.61. The number of rotatable bonds is 3. The largest absolute Gasteiger partial charge is 0.493 e. The van der Waals surface area contributed by atoms with E-state index in [1.807, 2.05) is 0 Å². The first-order chi connectivity index (χ1) is 11.5. The monoisotopic (exact) mass is 326 g/mol. The molecule has 0 heterocycles. The maximum Gasteiger partial charge on any atom is 0.139 e. The highest BCUT2D eigenvalue weighted by molar-refractivity contribution is 5.87. The third-order valence-corrected chi connectivity index (χ3v) is 6.99. The molecule has 0 radical (unpaired) electrons. The van der Waals surface area contributed by atoms with Crippen molar-refractivity contribution in [2.45, 2.75) is 65.2 Å². The van der Waals surface area contributed by atoms with E-state index in [0.717, 1.165) is 38.0 Å². The van der Waals surface area contributed by atoms with Crippen molar-refractivity contribution in [1.82, 2.24) is 0 Å². The summed E-state index contributed by atoms with van der Waals surface area (Å²) in [5.74, 6) is 4.11. The third-order valence-electron chi connectivity index (χ3n) is 6.99. The van der Waals surface area contributed by atoms with Crippen LogP contribution in [0.15, 0.2) is 18.2 Å². The van der Waals surface area contributed by atoms with Gasteiger partial charge in [-0.1, -0.05) is 26.8 Å². The summed E-state index contributed by atoms with van der Waals surface area (Å²) < 4.78 is 5.92. The number of ketones is 1. The third kappa shape index (κ3) is 2.50. The van der Waals surface area contributed by atoms with Crippen molar-refractivity contribution >= 4 is 5.78 Å². The molecule has 4 rings (SSSR count). The second-order valence-electron chi connectivity index (χ2n) is 8.90. The number of benzene rings is 1. The molecule has 0 saturated heterocycles. The van der Waals surface area contributed by atoms with Gasteiger partial charge in [-0.3, -0.25) is 4.79 Å². The summed E-state index contributed by atoms with van der Waals surface area (Å²) in [4.78, 5) is 12.4. The molecule has 0 aromatic heterocycles. The maximum atomic E-state index is 12.4. The molecular formula is C22H30O2. The van der Waals surface area contributed by atoms with Gasteiger partial charge in [0.15, 0.2) is 0 Å². The number of ether oxygens (including phenoxy) is 1. The molecule has 0 unspecified atom stereocenters. The smallest absolute Gasteiger partial charge is 0.139 e. The van der Waals surface area contributed by atoms with Gasteiger partial charge in [-0.05, 0) is 79.0 Å². The molecule has 1 aromatic carbocycles. The van der Waals surface area contributed by atoms with E-state index < -0.39 is 0 Å².